The maximum Gasteiger partial charge on any atom is 0.338 e. The van der Waals surface area contributed by atoms with Gasteiger partial charge in [-0.1, -0.05) is 23.8 Å². The van der Waals surface area contributed by atoms with Crippen LogP contribution in [0.1, 0.15) is 15.9 Å². The normalized spacial score (nSPS) is 10.9. The van der Waals surface area contributed by atoms with Gasteiger partial charge in [0.2, 0.25) is 0 Å². The highest BCUT2D eigenvalue weighted by molar-refractivity contribution is 7.94. The fourth-order valence-corrected chi connectivity index (χ4v) is 4.40. The molecule has 0 aliphatic rings. The van der Waals surface area contributed by atoms with E-state index >= 15 is 0 Å². The number of anilines is 2. The average Bonchev–Trinajstić information content (AvgIpc) is 3.24. The number of ether oxygens (including phenoxy) is 1. The third kappa shape index (κ3) is 5.66. The molecule has 2 aromatic carbocycles. The SMILES string of the molecule is Cc1ccc(NC(=O)COC(=O)c2ccc(NS(=O)(=O)c3cccs3)cc2)cc1. The van der Waals surface area contributed by atoms with E-state index in [0.29, 0.717) is 11.4 Å². The molecule has 9 heteroatoms. The largest absolute Gasteiger partial charge is 0.452 e. The van der Waals surface area contributed by atoms with Crippen LogP contribution in [0.4, 0.5) is 11.4 Å². The zero-order chi connectivity index (χ0) is 20.9. The van der Waals surface area contributed by atoms with Crippen molar-refractivity contribution in [1.82, 2.24) is 0 Å². The topological polar surface area (TPSA) is 102 Å². The number of hydrogen-bond donors (Lipinski definition) is 2. The monoisotopic (exact) mass is 430 g/mol. The second-order valence-electron chi connectivity index (χ2n) is 6.11. The van der Waals surface area contributed by atoms with E-state index in [2.05, 4.69) is 10.0 Å². The number of benzene rings is 2. The fourth-order valence-electron chi connectivity index (χ4n) is 2.34. The van der Waals surface area contributed by atoms with Crippen LogP contribution in [0, 0.1) is 6.92 Å². The Morgan fingerprint density at radius 1 is 0.966 bits per heavy atom. The lowest BCUT2D eigenvalue weighted by Crippen LogP contribution is -2.21. The molecule has 3 aromatic rings. The van der Waals surface area contributed by atoms with Crippen molar-refractivity contribution in [2.75, 3.05) is 16.6 Å². The number of nitrogens with one attached hydrogen (secondary N) is 2. The lowest BCUT2D eigenvalue weighted by Gasteiger charge is -2.08. The highest BCUT2D eigenvalue weighted by Crippen LogP contribution is 2.20. The average molecular weight is 431 g/mol. The summed E-state index contributed by atoms with van der Waals surface area (Å²) in [6.45, 7) is 1.51. The van der Waals surface area contributed by atoms with Crippen LogP contribution >= 0.6 is 11.3 Å². The number of rotatable bonds is 7. The van der Waals surface area contributed by atoms with Gasteiger partial charge < -0.3 is 10.1 Å². The van der Waals surface area contributed by atoms with Gasteiger partial charge in [-0.25, -0.2) is 13.2 Å². The van der Waals surface area contributed by atoms with Gasteiger partial charge in [-0.15, -0.1) is 11.3 Å². The Kier molecular flexibility index (Phi) is 6.30. The van der Waals surface area contributed by atoms with E-state index in [0.717, 1.165) is 16.9 Å². The lowest BCUT2D eigenvalue weighted by atomic mass is 10.2. The molecule has 150 valence electrons. The maximum atomic E-state index is 12.2. The Balaban J connectivity index is 1.53. The van der Waals surface area contributed by atoms with Gasteiger partial charge in [0.05, 0.1) is 5.56 Å². The second-order valence-corrected chi connectivity index (χ2v) is 8.96. The molecule has 1 heterocycles. The van der Waals surface area contributed by atoms with E-state index in [1.165, 1.54) is 30.3 Å². The first kappa shape index (κ1) is 20.6. The maximum absolute atomic E-state index is 12.2. The summed E-state index contributed by atoms with van der Waals surface area (Å²) in [6, 6.07) is 16.1. The highest BCUT2D eigenvalue weighted by atomic mass is 32.2. The molecule has 0 bridgehead atoms. The van der Waals surface area contributed by atoms with Gasteiger partial charge in [0, 0.05) is 11.4 Å². The molecule has 1 amide bonds. The van der Waals surface area contributed by atoms with Crippen molar-refractivity contribution in [2.45, 2.75) is 11.1 Å². The minimum Gasteiger partial charge on any atom is -0.452 e. The van der Waals surface area contributed by atoms with Crippen LogP contribution in [0.5, 0.6) is 0 Å². The molecule has 0 aliphatic carbocycles. The molecule has 0 aliphatic heterocycles. The van der Waals surface area contributed by atoms with Crippen molar-refractivity contribution in [1.29, 1.82) is 0 Å². The van der Waals surface area contributed by atoms with Crippen molar-refractivity contribution < 1.29 is 22.7 Å². The summed E-state index contributed by atoms with van der Waals surface area (Å²) in [6.07, 6.45) is 0. The quantitative estimate of drug-likeness (QED) is 0.557. The predicted octanol–water partition coefficient (Wildman–Crippen LogP) is 3.65. The molecular formula is C20H18N2O5S2. The van der Waals surface area contributed by atoms with E-state index in [1.54, 1.807) is 23.6 Å². The van der Waals surface area contributed by atoms with Crippen molar-refractivity contribution in [3.63, 3.8) is 0 Å². The number of aryl methyl sites for hydroxylation is 1. The van der Waals surface area contributed by atoms with Crippen LogP contribution in [0.3, 0.4) is 0 Å². The Labute approximate surface area is 172 Å². The molecule has 29 heavy (non-hydrogen) atoms. The van der Waals surface area contributed by atoms with Gasteiger partial charge in [0.15, 0.2) is 6.61 Å². The predicted molar refractivity (Wildman–Crippen MR) is 112 cm³/mol. The summed E-state index contributed by atoms with van der Waals surface area (Å²) in [5.41, 5.74) is 2.19. The van der Waals surface area contributed by atoms with Gasteiger partial charge in [0.25, 0.3) is 15.9 Å². The Morgan fingerprint density at radius 3 is 2.24 bits per heavy atom. The lowest BCUT2D eigenvalue weighted by molar-refractivity contribution is -0.119. The number of esters is 1. The number of hydrogen-bond acceptors (Lipinski definition) is 6. The van der Waals surface area contributed by atoms with Crippen molar-refractivity contribution in [2.24, 2.45) is 0 Å². The molecule has 0 atom stereocenters. The van der Waals surface area contributed by atoms with Gasteiger partial charge in [-0.05, 0) is 54.8 Å². The first-order chi connectivity index (χ1) is 13.8. The molecule has 0 radical (unpaired) electrons. The number of sulfonamides is 1. The summed E-state index contributed by atoms with van der Waals surface area (Å²) >= 11 is 1.11. The molecule has 2 N–H and O–H groups in total. The molecule has 0 saturated carbocycles. The van der Waals surface area contributed by atoms with E-state index in [4.69, 9.17) is 4.74 Å². The smallest absolute Gasteiger partial charge is 0.338 e. The van der Waals surface area contributed by atoms with Gasteiger partial charge in [-0.2, -0.15) is 0 Å². The van der Waals surface area contributed by atoms with Gasteiger partial charge in [0.1, 0.15) is 4.21 Å². The summed E-state index contributed by atoms with van der Waals surface area (Å²) in [4.78, 5) is 24.0. The van der Waals surface area contributed by atoms with E-state index in [1.807, 2.05) is 19.1 Å². The molecular weight excluding hydrogens is 412 g/mol. The number of thiophene rings is 1. The van der Waals surface area contributed by atoms with Crippen LogP contribution in [-0.2, 0) is 19.6 Å². The standard InChI is InChI=1S/C20H18N2O5S2/c1-14-4-8-16(9-5-14)21-18(23)13-27-20(24)15-6-10-17(11-7-15)22-29(25,26)19-3-2-12-28-19/h2-12,22H,13H2,1H3,(H,21,23). The third-order valence-corrected chi connectivity index (χ3v) is 6.58. The Hall–Kier alpha value is -3.17. The van der Waals surface area contributed by atoms with Crippen LogP contribution < -0.4 is 10.0 Å². The molecule has 3 rings (SSSR count). The second kappa shape index (κ2) is 8.89. The van der Waals surface area contributed by atoms with Crippen LogP contribution in [0.2, 0.25) is 0 Å². The third-order valence-electron chi connectivity index (χ3n) is 3.80. The van der Waals surface area contributed by atoms with Gasteiger partial charge in [-0.3, -0.25) is 9.52 Å². The number of amides is 1. The molecule has 1 aromatic heterocycles. The zero-order valence-electron chi connectivity index (χ0n) is 15.4. The minimum absolute atomic E-state index is 0.195. The van der Waals surface area contributed by atoms with E-state index in [-0.39, 0.29) is 9.77 Å². The minimum atomic E-state index is -3.66. The highest BCUT2D eigenvalue weighted by Gasteiger charge is 2.16. The summed E-state index contributed by atoms with van der Waals surface area (Å²) in [5, 5.41) is 4.30. The molecule has 0 unspecified atom stereocenters. The molecule has 0 spiro atoms. The number of carbonyl (C=O) groups is 2. The summed E-state index contributed by atoms with van der Waals surface area (Å²) in [5.74, 6) is -1.14. The Bertz CT molecular complexity index is 1090. The van der Waals surface area contributed by atoms with E-state index < -0.39 is 28.5 Å². The van der Waals surface area contributed by atoms with E-state index in [9.17, 15) is 18.0 Å². The Morgan fingerprint density at radius 2 is 1.62 bits per heavy atom. The van der Waals surface area contributed by atoms with Crippen LogP contribution in [-0.4, -0.2) is 26.9 Å². The molecule has 7 nitrogen and oxygen atoms in total. The van der Waals surface area contributed by atoms with Crippen LogP contribution in [0.15, 0.2) is 70.3 Å². The zero-order valence-corrected chi connectivity index (χ0v) is 17.0. The molecule has 0 saturated heterocycles. The first-order valence-electron chi connectivity index (χ1n) is 8.53. The van der Waals surface area contributed by atoms with Crippen molar-refractivity contribution in [3.05, 3.63) is 77.2 Å². The van der Waals surface area contributed by atoms with Crippen molar-refractivity contribution in [3.8, 4) is 0 Å². The van der Waals surface area contributed by atoms with Gasteiger partial charge >= 0.3 is 5.97 Å². The summed E-state index contributed by atoms with van der Waals surface area (Å²) < 4.78 is 32.0. The van der Waals surface area contributed by atoms with Crippen LogP contribution in [0.25, 0.3) is 0 Å². The number of carbonyl (C=O) groups excluding carboxylic acids is 2. The molecule has 0 fully saturated rings. The first-order valence-corrected chi connectivity index (χ1v) is 10.9. The fraction of sp³-hybridized carbons (Fsp3) is 0.100. The van der Waals surface area contributed by atoms with Crippen molar-refractivity contribution >= 4 is 44.6 Å². The summed E-state index contributed by atoms with van der Waals surface area (Å²) in [7, 11) is -3.66.